The standard InChI is InChI=1S/C17H21NO2/c1-4-10-20-16-8-6-15(7-9-16)13(3)18-12-14(5-2)11-17(18)19/h2,6-9,13-14H,4,10-12H2,1,3H3. The molecule has 1 aliphatic heterocycles. The fourth-order valence-corrected chi connectivity index (χ4v) is 2.46. The van der Waals surface area contributed by atoms with Crippen LogP contribution in [0.1, 0.15) is 38.3 Å². The zero-order chi connectivity index (χ0) is 14.5. The number of hydrogen-bond donors (Lipinski definition) is 0. The lowest BCUT2D eigenvalue weighted by atomic mass is 10.1. The number of amides is 1. The first-order chi connectivity index (χ1) is 9.65. The third-order valence-corrected chi connectivity index (χ3v) is 3.70. The molecule has 1 aromatic carbocycles. The molecular weight excluding hydrogens is 250 g/mol. The molecule has 2 rings (SSSR count). The van der Waals surface area contributed by atoms with E-state index in [0.717, 1.165) is 24.3 Å². The molecular formula is C17H21NO2. The fourth-order valence-electron chi connectivity index (χ4n) is 2.46. The molecule has 0 N–H and O–H groups in total. The predicted molar refractivity (Wildman–Crippen MR) is 79.3 cm³/mol. The van der Waals surface area contributed by atoms with Crippen LogP contribution in [0.4, 0.5) is 0 Å². The number of nitrogens with zero attached hydrogens (tertiary/aromatic N) is 1. The maximum absolute atomic E-state index is 12.0. The first kappa shape index (κ1) is 14.5. The summed E-state index contributed by atoms with van der Waals surface area (Å²) in [6.07, 6.45) is 6.88. The first-order valence-corrected chi connectivity index (χ1v) is 7.14. The number of hydrogen-bond acceptors (Lipinski definition) is 2. The summed E-state index contributed by atoms with van der Waals surface area (Å²) in [7, 11) is 0. The van der Waals surface area contributed by atoms with Gasteiger partial charge in [-0.05, 0) is 31.0 Å². The molecule has 20 heavy (non-hydrogen) atoms. The number of carbonyl (C=O) groups excluding carboxylic acids is 1. The molecule has 0 aliphatic carbocycles. The van der Waals surface area contributed by atoms with Crippen molar-refractivity contribution in [3.63, 3.8) is 0 Å². The second-order valence-corrected chi connectivity index (χ2v) is 5.21. The number of likely N-dealkylation sites (tertiary alicyclic amines) is 1. The highest BCUT2D eigenvalue weighted by atomic mass is 16.5. The van der Waals surface area contributed by atoms with Crippen molar-refractivity contribution in [1.82, 2.24) is 4.90 Å². The lowest BCUT2D eigenvalue weighted by Gasteiger charge is -2.25. The van der Waals surface area contributed by atoms with Gasteiger partial charge in [-0.2, -0.15) is 0 Å². The maximum atomic E-state index is 12.0. The quantitative estimate of drug-likeness (QED) is 0.770. The summed E-state index contributed by atoms with van der Waals surface area (Å²) in [6.45, 7) is 5.50. The van der Waals surface area contributed by atoms with E-state index in [4.69, 9.17) is 11.2 Å². The Bertz CT molecular complexity index is 501. The van der Waals surface area contributed by atoms with E-state index in [9.17, 15) is 4.79 Å². The third-order valence-electron chi connectivity index (χ3n) is 3.70. The monoisotopic (exact) mass is 271 g/mol. The second kappa shape index (κ2) is 6.47. The summed E-state index contributed by atoms with van der Waals surface area (Å²) in [4.78, 5) is 13.8. The molecule has 106 valence electrons. The number of terminal acetylenes is 1. The zero-order valence-corrected chi connectivity index (χ0v) is 12.1. The van der Waals surface area contributed by atoms with Gasteiger partial charge in [-0.1, -0.05) is 19.1 Å². The predicted octanol–water partition coefficient (Wildman–Crippen LogP) is 3.02. The topological polar surface area (TPSA) is 29.5 Å². The van der Waals surface area contributed by atoms with Crippen LogP contribution in [-0.2, 0) is 4.79 Å². The summed E-state index contributed by atoms with van der Waals surface area (Å²) >= 11 is 0. The van der Waals surface area contributed by atoms with Crippen molar-refractivity contribution in [2.24, 2.45) is 5.92 Å². The van der Waals surface area contributed by atoms with Gasteiger partial charge in [0, 0.05) is 18.9 Å². The molecule has 1 aromatic rings. The molecule has 1 amide bonds. The molecule has 2 atom stereocenters. The van der Waals surface area contributed by atoms with Gasteiger partial charge in [-0.3, -0.25) is 4.79 Å². The number of benzene rings is 1. The van der Waals surface area contributed by atoms with E-state index in [2.05, 4.69) is 12.8 Å². The average Bonchev–Trinajstić information content (AvgIpc) is 2.86. The van der Waals surface area contributed by atoms with E-state index < -0.39 is 0 Å². The largest absolute Gasteiger partial charge is 0.494 e. The van der Waals surface area contributed by atoms with Gasteiger partial charge in [-0.25, -0.2) is 0 Å². The molecule has 0 aromatic heterocycles. The lowest BCUT2D eigenvalue weighted by Crippen LogP contribution is -2.28. The van der Waals surface area contributed by atoms with Gasteiger partial charge in [0.1, 0.15) is 5.75 Å². The summed E-state index contributed by atoms with van der Waals surface area (Å²) in [5, 5.41) is 0. The molecule has 2 unspecified atom stereocenters. The van der Waals surface area contributed by atoms with Crippen LogP contribution in [0.15, 0.2) is 24.3 Å². The number of carbonyl (C=O) groups is 1. The van der Waals surface area contributed by atoms with E-state index in [1.807, 2.05) is 36.1 Å². The van der Waals surface area contributed by atoms with Crippen LogP contribution >= 0.6 is 0 Å². The van der Waals surface area contributed by atoms with Gasteiger partial charge in [-0.15, -0.1) is 12.3 Å². The van der Waals surface area contributed by atoms with Gasteiger partial charge in [0.15, 0.2) is 0 Å². The highest BCUT2D eigenvalue weighted by molar-refractivity contribution is 5.79. The van der Waals surface area contributed by atoms with Gasteiger partial charge in [0.2, 0.25) is 5.91 Å². The summed E-state index contributed by atoms with van der Waals surface area (Å²) in [5.74, 6) is 3.75. The van der Waals surface area contributed by atoms with Gasteiger partial charge in [0.05, 0.1) is 12.6 Å². The van der Waals surface area contributed by atoms with Crippen LogP contribution in [0.25, 0.3) is 0 Å². The Morgan fingerprint density at radius 1 is 1.45 bits per heavy atom. The van der Waals surface area contributed by atoms with Crippen molar-refractivity contribution in [3.05, 3.63) is 29.8 Å². The lowest BCUT2D eigenvalue weighted by molar-refractivity contribution is -0.129. The highest BCUT2D eigenvalue weighted by Crippen LogP contribution is 2.29. The van der Waals surface area contributed by atoms with Crippen LogP contribution in [0.3, 0.4) is 0 Å². The van der Waals surface area contributed by atoms with Crippen LogP contribution in [-0.4, -0.2) is 24.0 Å². The molecule has 1 heterocycles. The smallest absolute Gasteiger partial charge is 0.224 e. The van der Waals surface area contributed by atoms with Gasteiger partial charge in [0.25, 0.3) is 0 Å². The van der Waals surface area contributed by atoms with Crippen molar-refractivity contribution in [3.8, 4) is 18.1 Å². The van der Waals surface area contributed by atoms with Crippen LogP contribution in [0.5, 0.6) is 5.75 Å². The minimum atomic E-state index is 0.0529. The maximum Gasteiger partial charge on any atom is 0.224 e. The van der Waals surface area contributed by atoms with E-state index >= 15 is 0 Å². The summed E-state index contributed by atoms with van der Waals surface area (Å²) < 4.78 is 5.56. The van der Waals surface area contributed by atoms with Crippen molar-refractivity contribution in [2.45, 2.75) is 32.7 Å². The van der Waals surface area contributed by atoms with Crippen molar-refractivity contribution in [2.75, 3.05) is 13.2 Å². The van der Waals surface area contributed by atoms with Gasteiger partial charge >= 0.3 is 0 Å². The highest BCUT2D eigenvalue weighted by Gasteiger charge is 2.31. The van der Waals surface area contributed by atoms with E-state index in [0.29, 0.717) is 13.0 Å². The molecule has 0 spiro atoms. The Morgan fingerprint density at radius 2 is 2.15 bits per heavy atom. The van der Waals surface area contributed by atoms with Crippen molar-refractivity contribution in [1.29, 1.82) is 0 Å². The number of rotatable bonds is 5. The first-order valence-electron chi connectivity index (χ1n) is 7.14. The molecule has 0 saturated carbocycles. The van der Waals surface area contributed by atoms with Crippen molar-refractivity contribution < 1.29 is 9.53 Å². The van der Waals surface area contributed by atoms with E-state index in [1.54, 1.807) is 0 Å². The Hall–Kier alpha value is -1.95. The molecule has 0 bridgehead atoms. The van der Waals surface area contributed by atoms with Crippen molar-refractivity contribution >= 4 is 5.91 Å². The third kappa shape index (κ3) is 3.14. The van der Waals surface area contributed by atoms with Gasteiger partial charge < -0.3 is 9.64 Å². The second-order valence-electron chi connectivity index (χ2n) is 5.21. The molecule has 1 aliphatic rings. The molecule has 3 nitrogen and oxygen atoms in total. The normalized spacial score (nSPS) is 19.8. The Labute approximate surface area is 120 Å². The molecule has 0 radical (unpaired) electrons. The van der Waals surface area contributed by atoms with E-state index in [1.165, 1.54) is 0 Å². The zero-order valence-electron chi connectivity index (χ0n) is 12.1. The van der Waals surface area contributed by atoms with Crippen LogP contribution < -0.4 is 4.74 Å². The minimum Gasteiger partial charge on any atom is -0.494 e. The van der Waals surface area contributed by atoms with Crippen LogP contribution in [0.2, 0.25) is 0 Å². The number of ether oxygens (including phenoxy) is 1. The Balaban J connectivity index is 2.04. The Kier molecular flexibility index (Phi) is 4.68. The van der Waals surface area contributed by atoms with Crippen LogP contribution in [0, 0.1) is 18.3 Å². The average molecular weight is 271 g/mol. The fraction of sp³-hybridized carbons (Fsp3) is 0.471. The summed E-state index contributed by atoms with van der Waals surface area (Å²) in [6, 6.07) is 8.01. The SMILES string of the molecule is C#CC1CC(=O)N(C(C)c2ccc(OCCC)cc2)C1. The molecule has 3 heteroatoms. The van der Waals surface area contributed by atoms with E-state index in [-0.39, 0.29) is 17.9 Å². The minimum absolute atomic E-state index is 0.0529. The Morgan fingerprint density at radius 3 is 2.70 bits per heavy atom. The molecule has 1 saturated heterocycles. The summed E-state index contributed by atoms with van der Waals surface area (Å²) in [5.41, 5.74) is 1.11. The molecule has 1 fully saturated rings.